The fourth-order valence-corrected chi connectivity index (χ4v) is 2.55. The number of aromatic hydroxyl groups is 1. The number of allylic oxidation sites excluding steroid dienone is 1. The number of hydrogen-bond donors (Lipinski definition) is 1. The van der Waals surface area contributed by atoms with E-state index in [1.165, 1.54) is 16.7 Å². The van der Waals surface area contributed by atoms with Crippen LogP contribution in [0.1, 0.15) is 23.1 Å². The van der Waals surface area contributed by atoms with Gasteiger partial charge >= 0.3 is 0 Å². The van der Waals surface area contributed by atoms with Crippen molar-refractivity contribution in [1.29, 1.82) is 0 Å². The molecule has 0 aromatic heterocycles. The summed E-state index contributed by atoms with van der Waals surface area (Å²) < 4.78 is 5.32. The molecular weight excluding hydrogens is 236 g/mol. The normalized spacial score (nSPS) is 13.6. The highest BCUT2D eigenvalue weighted by Gasteiger charge is 2.15. The van der Waals surface area contributed by atoms with Crippen LogP contribution in [0.3, 0.4) is 0 Å². The average molecular weight is 252 g/mol. The van der Waals surface area contributed by atoms with Gasteiger partial charge in [-0.25, -0.2) is 0 Å². The number of ether oxygens (including phenoxy) is 1. The van der Waals surface area contributed by atoms with E-state index in [4.69, 9.17) is 4.74 Å². The summed E-state index contributed by atoms with van der Waals surface area (Å²) in [5, 5.41) is 9.39. The van der Waals surface area contributed by atoms with Crippen LogP contribution in [0.5, 0.6) is 11.5 Å². The SMILES string of the molecule is COc1ccc2c(c1)C(c1ccc(O)cc1)=CCC2. The van der Waals surface area contributed by atoms with Crippen LogP contribution in [0.4, 0.5) is 0 Å². The topological polar surface area (TPSA) is 29.5 Å². The highest BCUT2D eigenvalue weighted by Crippen LogP contribution is 2.34. The monoisotopic (exact) mass is 252 g/mol. The maximum absolute atomic E-state index is 9.39. The van der Waals surface area contributed by atoms with Gasteiger partial charge in [-0.05, 0) is 59.4 Å². The molecule has 0 aliphatic heterocycles. The van der Waals surface area contributed by atoms with Crippen LogP contribution in [-0.4, -0.2) is 12.2 Å². The fourth-order valence-electron chi connectivity index (χ4n) is 2.55. The minimum absolute atomic E-state index is 0.297. The highest BCUT2D eigenvalue weighted by atomic mass is 16.5. The first kappa shape index (κ1) is 11.8. The predicted molar refractivity (Wildman–Crippen MR) is 76.5 cm³/mol. The van der Waals surface area contributed by atoms with Crippen LogP contribution in [0, 0.1) is 0 Å². The number of phenolic OH excluding ortho intramolecular Hbond substituents is 1. The average Bonchev–Trinajstić information content (AvgIpc) is 2.47. The molecule has 19 heavy (non-hydrogen) atoms. The van der Waals surface area contributed by atoms with Crippen molar-refractivity contribution in [2.24, 2.45) is 0 Å². The maximum Gasteiger partial charge on any atom is 0.119 e. The lowest BCUT2D eigenvalue weighted by atomic mass is 9.87. The van der Waals surface area contributed by atoms with Gasteiger partial charge < -0.3 is 9.84 Å². The van der Waals surface area contributed by atoms with Crippen molar-refractivity contribution in [2.45, 2.75) is 12.8 Å². The maximum atomic E-state index is 9.39. The number of rotatable bonds is 2. The molecule has 2 heteroatoms. The summed E-state index contributed by atoms with van der Waals surface area (Å²) >= 11 is 0. The number of fused-ring (bicyclic) bond motifs is 1. The van der Waals surface area contributed by atoms with E-state index < -0.39 is 0 Å². The third kappa shape index (κ3) is 2.22. The molecule has 96 valence electrons. The van der Waals surface area contributed by atoms with E-state index in [0.717, 1.165) is 24.2 Å². The lowest BCUT2D eigenvalue weighted by molar-refractivity contribution is 0.414. The molecule has 2 aromatic carbocycles. The van der Waals surface area contributed by atoms with Crippen LogP contribution in [0.25, 0.3) is 5.57 Å². The molecule has 0 saturated heterocycles. The van der Waals surface area contributed by atoms with E-state index in [1.807, 2.05) is 18.2 Å². The summed E-state index contributed by atoms with van der Waals surface area (Å²) in [5.41, 5.74) is 4.94. The Hall–Kier alpha value is -2.22. The Morgan fingerprint density at radius 1 is 1.05 bits per heavy atom. The van der Waals surface area contributed by atoms with Gasteiger partial charge in [-0.15, -0.1) is 0 Å². The largest absolute Gasteiger partial charge is 0.508 e. The lowest BCUT2D eigenvalue weighted by Gasteiger charge is -2.19. The van der Waals surface area contributed by atoms with Gasteiger partial charge in [0.05, 0.1) is 7.11 Å². The molecule has 0 atom stereocenters. The van der Waals surface area contributed by atoms with Crippen LogP contribution >= 0.6 is 0 Å². The van der Waals surface area contributed by atoms with Gasteiger partial charge in [0.2, 0.25) is 0 Å². The molecule has 0 saturated carbocycles. The van der Waals surface area contributed by atoms with Gasteiger partial charge in [0.25, 0.3) is 0 Å². The minimum atomic E-state index is 0.297. The van der Waals surface area contributed by atoms with Crippen molar-refractivity contribution < 1.29 is 9.84 Å². The van der Waals surface area contributed by atoms with Gasteiger partial charge in [0.1, 0.15) is 11.5 Å². The Balaban J connectivity index is 2.09. The van der Waals surface area contributed by atoms with Crippen molar-refractivity contribution in [3.63, 3.8) is 0 Å². The molecule has 0 unspecified atom stereocenters. The predicted octanol–water partition coefficient (Wildman–Crippen LogP) is 3.78. The number of benzene rings is 2. The van der Waals surface area contributed by atoms with Crippen LogP contribution in [0.2, 0.25) is 0 Å². The van der Waals surface area contributed by atoms with E-state index in [1.54, 1.807) is 19.2 Å². The fraction of sp³-hybridized carbons (Fsp3) is 0.176. The van der Waals surface area contributed by atoms with E-state index in [0.29, 0.717) is 5.75 Å². The van der Waals surface area contributed by atoms with Gasteiger partial charge in [-0.3, -0.25) is 0 Å². The molecule has 3 rings (SSSR count). The summed E-state index contributed by atoms with van der Waals surface area (Å²) in [6.45, 7) is 0. The van der Waals surface area contributed by atoms with Crippen molar-refractivity contribution in [2.75, 3.05) is 7.11 Å². The lowest BCUT2D eigenvalue weighted by Crippen LogP contribution is -2.01. The molecule has 0 heterocycles. The summed E-state index contributed by atoms with van der Waals surface area (Å²) in [6.07, 6.45) is 4.38. The van der Waals surface area contributed by atoms with Gasteiger partial charge in [-0.2, -0.15) is 0 Å². The van der Waals surface area contributed by atoms with Crippen molar-refractivity contribution in [3.05, 3.63) is 65.2 Å². The first-order chi connectivity index (χ1) is 9.28. The summed E-state index contributed by atoms with van der Waals surface area (Å²) in [4.78, 5) is 0. The molecule has 1 aliphatic rings. The zero-order chi connectivity index (χ0) is 13.2. The molecule has 2 nitrogen and oxygen atoms in total. The van der Waals surface area contributed by atoms with Crippen molar-refractivity contribution in [1.82, 2.24) is 0 Å². The molecule has 0 bridgehead atoms. The smallest absolute Gasteiger partial charge is 0.119 e. The third-order valence-electron chi connectivity index (χ3n) is 3.55. The quantitative estimate of drug-likeness (QED) is 0.881. The molecule has 0 fully saturated rings. The minimum Gasteiger partial charge on any atom is -0.508 e. The van der Waals surface area contributed by atoms with Gasteiger partial charge in [0.15, 0.2) is 0 Å². The second-order valence-corrected chi connectivity index (χ2v) is 4.73. The first-order valence-electron chi connectivity index (χ1n) is 6.45. The van der Waals surface area contributed by atoms with Gasteiger partial charge in [0, 0.05) is 0 Å². The number of methoxy groups -OCH3 is 1. The summed E-state index contributed by atoms with van der Waals surface area (Å²) in [5.74, 6) is 1.18. The van der Waals surface area contributed by atoms with E-state index >= 15 is 0 Å². The molecule has 0 radical (unpaired) electrons. The standard InChI is InChI=1S/C17H16O2/c1-19-15-10-7-12-3-2-4-16(17(12)11-15)13-5-8-14(18)9-6-13/h4-11,18H,2-3H2,1H3. The Bertz CT molecular complexity index is 624. The van der Waals surface area contributed by atoms with Gasteiger partial charge in [-0.1, -0.05) is 24.3 Å². The molecule has 2 aromatic rings. The van der Waals surface area contributed by atoms with Crippen molar-refractivity contribution >= 4 is 5.57 Å². The Kier molecular flexibility index (Phi) is 3.00. The van der Waals surface area contributed by atoms with E-state index in [2.05, 4.69) is 18.2 Å². The van der Waals surface area contributed by atoms with Crippen LogP contribution in [-0.2, 0) is 6.42 Å². The number of phenols is 1. The summed E-state index contributed by atoms with van der Waals surface area (Å²) in [7, 11) is 1.69. The van der Waals surface area contributed by atoms with Crippen LogP contribution < -0.4 is 4.74 Å². The van der Waals surface area contributed by atoms with E-state index in [9.17, 15) is 5.11 Å². The molecule has 0 spiro atoms. The Labute approximate surface area is 113 Å². The summed E-state index contributed by atoms with van der Waals surface area (Å²) in [6, 6.07) is 13.6. The third-order valence-corrected chi connectivity index (χ3v) is 3.55. The van der Waals surface area contributed by atoms with E-state index in [-0.39, 0.29) is 0 Å². The first-order valence-corrected chi connectivity index (χ1v) is 6.45. The molecule has 1 N–H and O–H groups in total. The highest BCUT2D eigenvalue weighted by molar-refractivity contribution is 5.83. The zero-order valence-electron chi connectivity index (χ0n) is 10.9. The zero-order valence-corrected chi connectivity index (χ0v) is 10.9. The van der Waals surface area contributed by atoms with Crippen LogP contribution in [0.15, 0.2) is 48.5 Å². The Morgan fingerprint density at radius 2 is 1.84 bits per heavy atom. The molecule has 0 amide bonds. The van der Waals surface area contributed by atoms with Crippen molar-refractivity contribution in [3.8, 4) is 11.5 Å². The number of hydrogen-bond acceptors (Lipinski definition) is 2. The Morgan fingerprint density at radius 3 is 2.58 bits per heavy atom. The second-order valence-electron chi connectivity index (χ2n) is 4.73. The molecule has 1 aliphatic carbocycles. The second kappa shape index (κ2) is 4.81. The molecular formula is C17H16O2. The number of aryl methyl sites for hydroxylation is 1.